The number of carbonyl (C=O) groups is 1. The smallest absolute Gasteiger partial charge is 0.163 e. The molecule has 0 heterocycles. The van der Waals surface area contributed by atoms with Gasteiger partial charge in [-0.25, -0.2) is 0 Å². The molecule has 0 aromatic heterocycles. The molecule has 2 nitrogen and oxygen atoms in total. The van der Waals surface area contributed by atoms with Gasteiger partial charge in [-0.2, -0.15) is 0 Å². The molecule has 0 fully saturated rings. The van der Waals surface area contributed by atoms with Crippen molar-refractivity contribution in [1.29, 1.82) is 0 Å². The normalized spacial score (nSPS) is 10.5. The molecule has 0 amide bonds. The fraction of sp³-hybridized carbons (Fsp3) is 0.417. The maximum absolute atomic E-state index is 11.3. The highest BCUT2D eigenvalue weighted by atomic mass is 35.5. The van der Waals surface area contributed by atoms with E-state index < -0.39 is 0 Å². The highest BCUT2D eigenvalue weighted by Gasteiger charge is 2.09. The van der Waals surface area contributed by atoms with Gasteiger partial charge in [0.15, 0.2) is 5.78 Å². The van der Waals surface area contributed by atoms with Gasteiger partial charge in [-0.05, 0) is 31.0 Å². The van der Waals surface area contributed by atoms with Crippen LogP contribution in [0.1, 0.15) is 31.1 Å². The first kappa shape index (κ1) is 12.1. The van der Waals surface area contributed by atoms with Crippen molar-refractivity contribution in [3.05, 3.63) is 28.8 Å². The molecular formula is C12H15ClO2. The Kier molecular flexibility index (Phi) is 4.15. The van der Waals surface area contributed by atoms with Gasteiger partial charge in [-0.3, -0.25) is 4.79 Å². The average Bonchev–Trinajstić information content (AvgIpc) is 2.14. The van der Waals surface area contributed by atoms with Gasteiger partial charge in [0.1, 0.15) is 5.75 Å². The van der Waals surface area contributed by atoms with E-state index in [4.69, 9.17) is 16.3 Å². The third-order valence-electron chi connectivity index (χ3n) is 1.90. The molecule has 0 radical (unpaired) electrons. The van der Waals surface area contributed by atoms with Gasteiger partial charge in [0.25, 0.3) is 0 Å². The van der Waals surface area contributed by atoms with Crippen molar-refractivity contribution in [3.8, 4) is 5.75 Å². The topological polar surface area (TPSA) is 26.3 Å². The first-order chi connectivity index (χ1) is 7.00. The molecule has 3 heteroatoms. The second-order valence-corrected chi connectivity index (χ2v) is 4.34. The molecule has 0 bridgehead atoms. The molecule has 1 aromatic carbocycles. The van der Waals surface area contributed by atoms with Crippen molar-refractivity contribution in [1.82, 2.24) is 0 Å². The Morgan fingerprint density at radius 1 is 1.47 bits per heavy atom. The maximum Gasteiger partial charge on any atom is 0.163 e. The van der Waals surface area contributed by atoms with Crippen LogP contribution in [0.3, 0.4) is 0 Å². The van der Waals surface area contributed by atoms with E-state index >= 15 is 0 Å². The summed E-state index contributed by atoms with van der Waals surface area (Å²) >= 11 is 5.85. The Balaban J connectivity index is 2.92. The summed E-state index contributed by atoms with van der Waals surface area (Å²) in [6.45, 7) is 6.21. The van der Waals surface area contributed by atoms with Crippen LogP contribution in [-0.2, 0) is 0 Å². The minimum Gasteiger partial charge on any atom is -0.493 e. The second-order valence-electron chi connectivity index (χ2n) is 3.90. The lowest BCUT2D eigenvalue weighted by atomic mass is 10.1. The zero-order valence-electron chi connectivity index (χ0n) is 9.21. The van der Waals surface area contributed by atoms with Crippen LogP contribution in [-0.4, -0.2) is 12.4 Å². The van der Waals surface area contributed by atoms with Crippen molar-refractivity contribution < 1.29 is 9.53 Å². The van der Waals surface area contributed by atoms with Gasteiger partial charge < -0.3 is 4.74 Å². The molecule has 0 unspecified atom stereocenters. The van der Waals surface area contributed by atoms with Crippen LogP contribution in [0.4, 0.5) is 0 Å². The van der Waals surface area contributed by atoms with Crippen molar-refractivity contribution in [2.45, 2.75) is 20.8 Å². The van der Waals surface area contributed by atoms with Crippen molar-refractivity contribution in [2.75, 3.05) is 6.61 Å². The predicted octanol–water partition coefficient (Wildman–Crippen LogP) is 3.58. The van der Waals surface area contributed by atoms with Gasteiger partial charge >= 0.3 is 0 Å². The molecule has 0 atom stereocenters. The lowest BCUT2D eigenvalue weighted by Crippen LogP contribution is -2.07. The number of halogens is 1. The number of Topliss-reactive ketones (excluding diaryl/α,β-unsaturated/α-hetero) is 1. The Morgan fingerprint density at radius 3 is 2.67 bits per heavy atom. The van der Waals surface area contributed by atoms with E-state index in [0.29, 0.717) is 28.9 Å². The van der Waals surface area contributed by atoms with Crippen LogP contribution in [0.2, 0.25) is 5.02 Å². The molecule has 0 aliphatic carbocycles. The average molecular weight is 227 g/mol. The number of ketones is 1. The first-order valence-corrected chi connectivity index (χ1v) is 5.31. The van der Waals surface area contributed by atoms with E-state index in [-0.39, 0.29) is 5.78 Å². The van der Waals surface area contributed by atoms with E-state index in [9.17, 15) is 4.79 Å². The molecular weight excluding hydrogens is 212 g/mol. The fourth-order valence-electron chi connectivity index (χ4n) is 1.16. The van der Waals surface area contributed by atoms with Gasteiger partial charge in [0.2, 0.25) is 0 Å². The zero-order chi connectivity index (χ0) is 11.4. The summed E-state index contributed by atoms with van der Waals surface area (Å²) in [5, 5.41) is 0.582. The largest absolute Gasteiger partial charge is 0.493 e. The van der Waals surface area contributed by atoms with Crippen LogP contribution >= 0.6 is 11.6 Å². The minimum absolute atomic E-state index is 0.00887. The SMILES string of the molecule is CC(=O)c1ccc(Cl)cc1OCC(C)C. The number of hydrogen-bond acceptors (Lipinski definition) is 2. The Hall–Kier alpha value is -1.02. The molecule has 82 valence electrons. The molecule has 1 aromatic rings. The fourth-order valence-corrected chi connectivity index (χ4v) is 1.32. The lowest BCUT2D eigenvalue weighted by Gasteiger charge is -2.11. The Labute approximate surface area is 95.2 Å². The first-order valence-electron chi connectivity index (χ1n) is 4.94. The minimum atomic E-state index is -0.00887. The van der Waals surface area contributed by atoms with Crippen molar-refractivity contribution in [3.63, 3.8) is 0 Å². The third kappa shape index (κ3) is 3.56. The van der Waals surface area contributed by atoms with Gasteiger partial charge in [0, 0.05) is 5.02 Å². The van der Waals surface area contributed by atoms with Crippen LogP contribution < -0.4 is 4.74 Å². The molecule has 0 N–H and O–H groups in total. The van der Waals surface area contributed by atoms with E-state index in [1.165, 1.54) is 6.92 Å². The monoisotopic (exact) mass is 226 g/mol. The van der Waals surface area contributed by atoms with Crippen LogP contribution in [0, 0.1) is 5.92 Å². The highest BCUT2D eigenvalue weighted by Crippen LogP contribution is 2.24. The number of ether oxygens (including phenoxy) is 1. The summed E-state index contributed by atoms with van der Waals surface area (Å²) in [5.74, 6) is 0.984. The summed E-state index contributed by atoms with van der Waals surface area (Å²) in [6.07, 6.45) is 0. The Morgan fingerprint density at radius 2 is 2.13 bits per heavy atom. The van der Waals surface area contributed by atoms with E-state index in [1.54, 1.807) is 18.2 Å². The molecule has 0 saturated carbocycles. The van der Waals surface area contributed by atoms with Crippen LogP contribution in [0.25, 0.3) is 0 Å². The zero-order valence-corrected chi connectivity index (χ0v) is 9.97. The number of benzene rings is 1. The van der Waals surface area contributed by atoms with Gasteiger partial charge in [0.05, 0.1) is 12.2 Å². The van der Waals surface area contributed by atoms with E-state index in [0.717, 1.165) is 0 Å². The third-order valence-corrected chi connectivity index (χ3v) is 2.13. The number of hydrogen-bond donors (Lipinski definition) is 0. The number of carbonyl (C=O) groups excluding carboxylic acids is 1. The molecule has 0 aliphatic rings. The summed E-state index contributed by atoms with van der Waals surface area (Å²) in [6, 6.07) is 5.07. The van der Waals surface area contributed by atoms with Gasteiger partial charge in [-0.15, -0.1) is 0 Å². The molecule has 1 rings (SSSR count). The standard InChI is InChI=1S/C12H15ClO2/c1-8(2)7-15-12-6-10(13)4-5-11(12)9(3)14/h4-6,8H,7H2,1-3H3. The second kappa shape index (κ2) is 5.17. The highest BCUT2D eigenvalue weighted by molar-refractivity contribution is 6.30. The van der Waals surface area contributed by atoms with E-state index in [2.05, 4.69) is 13.8 Å². The molecule has 0 saturated heterocycles. The maximum atomic E-state index is 11.3. The van der Waals surface area contributed by atoms with Crippen LogP contribution in [0.5, 0.6) is 5.75 Å². The summed E-state index contributed by atoms with van der Waals surface area (Å²) in [5.41, 5.74) is 0.583. The van der Waals surface area contributed by atoms with E-state index in [1.807, 2.05) is 0 Å². The predicted molar refractivity (Wildman–Crippen MR) is 61.8 cm³/mol. The summed E-state index contributed by atoms with van der Waals surface area (Å²) < 4.78 is 5.54. The van der Waals surface area contributed by atoms with Crippen molar-refractivity contribution >= 4 is 17.4 Å². The van der Waals surface area contributed by atoms with Crippen molar-refractivity contribution in [2.24, 2.45) is 5.92 Å². The van der Waals surface area contributed by atoms with Crippen LogP contribution in [0.15, 0.2) is 18.2 Å². The number of rotatable bonds is 4. The molecule has 15 heavy (non-hydrogen) atoms. The van der Waals surface area contributed by atoms with Gasteiger partial charge in [-0.1, -0.05) is 25.4 Å². The lowest BCUT2D eigenvalue weighted by molar-refractivity contribution is 0.101. The molecule has 0 spiro atoms. The molecule has 0 aliphatic heterocycles. The Bertz CT molecular complexity index is 359. The summed E-state index contributed by atoms with van der Waals surface area (Å²) in [7, 11) is 0. The summed E-state index contributed by atoms with van der Waals surface area (Å²) in [4.78, 5) is 11.3. The quantitative estimate of drug-likeness (QED) is 0.734.